The molecule has 0 spiro atoms. The molecule has 0 atom stereocenters. The van der Waals surface area contributed by atoms with Crippen molar-refractivity contribution < 1.29 is 21.6 Å². The smallest absolute Gasteiger partial charge is 0.263 e. The van der Waals surface area contributed by atoms with Crippen LogP contribution in [-0.2, 0) is 24.8 Å². The van der Waals surface area contributed by atoms with Gasteiger partial charge in [-0.2, -0.15) is 0 Å². The number of terminal acetylenes is 1. The molecule has 0 bridgehead atoms. The van der Waals surface area contributed by atoms with E-state index in [0.717, 1.165) is 18.8 Å². The van der Waals surface area contributed by atoms with Crippen LogP contribution < -0.4 is 9.44 Å². The SMILES string of the molecule is C#Cc1ccc(S(=O)(=O)Nc2ccccn2)cc1.C1CCOC1.C[Si](C)(C)C#Cc1ccc(S(=O)(=O)Nc2ccccn2)cc1. The fraction of sp³-hybridized carbons (Fsp3) is 0.212. The van der Waals surface area contributed by atoms with Gasteiger partial charge in [0.05, 0.1) is 9.79 Å². The molecule has 45 heavy (non-hydrogen) atoms. The van der Waals surface area contributed by atoms with Crippen LogP contribution in [0.1, 0.15) is 24.0 Å². The average Bonchev–Trinajstić information content (AvgIpc) is 3.62. The Labute approximate surface area is 267 Å². The van der Waals surface area contributed by atoms with Gasteiger partial charge in [-0.15, -0.1) is 12.0 Å². The normalized spacial score (nSPS) is 12.5. The van der Waals surface area contributed by atoms with E-state index in [9.17, 15) is 16.8 Å². The first-order chi connectivity index (χ1) is 21.4. The summed E-state index contributed by atoms with van der Waals surface area (Å²) in [5.41, 5.74) is 4.70. The topological polar surface area (TPSA) is 127 Å². The van der Waals surface area contributed by atoms with Crippen molar-refractivity contribution in [2.75, 3.05) is 22.7 Å². The van der Waals surface area contributed by atoms with Gasteiger partial charge in [0.2, 0.25) is 0 Å². The zero-order valence-electron chi connectivity index (χ0n) is 25.4. The quantitative estimate of drug-likeness (QED) is 0.199. The third-order valence-corrected chi connectivity index (χ3v) is 9.33. The predicted molar refractivity (Wildman–Crippen MR) is 181 cm³/mol. The summed E-state index contributed by atoms with van der Waals surface area (Å²) in [7, 11) is -8.69. The largest absolute Gasteiger partial charge is 0.381 e. The predicted octanol–water partition coefficient (Wildman–Crippen LogP) is 5.77. The molecule has 3 heterocycles. The number of ether oxygens (including phenoxy) is 1. The lowest BCUT2D eigenvalue weighted by Gasteiger charge is -2.07. The van der Waals surface area contributed by atoms with Gasteiger partial charge in [-0.05, 0) is 85.6 Å². The van der Waals surface area contributed by atoms with E-state index in [1.165, 1.54) is 37.4 Å². The number of rotatable bonds is 6. The van der Waals surface area contributed by atoms with Crippen molar-refractivity contribution in [3.05, 3.63) is 108 Å². The van der Waals surface area contributed by atoms with Gasteiger partial charge in [0.15, 0.2) is 0 Å². The minimum atomic E-state index is -3.63. The Morgan fingerprint density at radius 3 is 1.47 bits per heavy atom. The Hall–Kier alpha value is -4.46. The van der Waals surface area contributed by atoms with E-state index in [1.54, 1.807) is 72.8 Å². The molecule has 0 unspecified atom stereocenters. The third-order valence-electron chi connectivity index (χ3n) is 5.71. The van der Waals surface area contributed by atoms with Crippen LogP contribution in [0.2, 0.25) is 19.6 Å². The maximum Gasteiger partial charge on any atom is 0.263 e. The summed E-state index contributed by atoms with van der Waals surface area (Å²) < 4.78 is 58.3. The minimum Gasteiger partial charge on any atom is -0.381 e. The maximum absolute atomic E-state index is 12.2. The zero-order chi connectivity index (χ0) is 32.8. The van der Waals surface area contributed by atoms with Crippen molar-refractivity contribution in [3.8, 4) is 23.8 Å². The summed E-state index contributed by atoms with van der Waals surface area (Å²) in [5, 5.41) is 0. The second-order valence-corrected chi connectivity index (χ2v) is 18.8. The Morgan fingerprint density at radius 1 is 0.689 bits per heavy atom. The van der Waals surface area contributed by atoms with Gasteiger partial charge in [0.1, 0.15) is 19.7 Å². The first-order valence-electron chi connectivity index (χ1n) is 14.0. The van der Waals surface area contributed by atoms with Crippen molar-refractivity contribution in [1.29, 1.82) is 0 Å². The first-order valence-corrected chi connectivity index (χ1v) is 20.5. The molecule has 9 nitrogen and oxygen atoms in total. The molecule has 0 aliphatic carbocycles. The summed E-state index contributed by atoms with van der Waals surface area (Å²) in [6, 6.07) is 22.7. The standard InChI is InChI=1S/C16H18N2O2SSi.C13H10N2O2S.C4H8O/c1-22(2,3)13-11-14-7-9-15(10-8-14)21(19,20)18-16-6-4-5-12-17-16;1-2-11-6-8-12(9-7-11)18(16,17)15-13-5-3-4-10-14-13;1-2-4-5-3-1/h4-10,12H,1-3H3,(H,17,18);1,3-10H,(H,14,15);1-4H2. The molecular weight excluding hydrogens is 625 g/mol. The highest BCUT2D eigenvalue weighted by Crippen LogP contribution is 2.16. The number of hydrogen-bond donors (Lipinski definition) is 2. The molecule has 0 saturated carbocycles. The van der Waals surface area contributed by atoms with Gasteiger partial charge in [0.25, 0.3) is 20.0 Å². The number of aromatic nitrogens is 2. The number of pyridine rings is 2. The van der Waals surface area contributed by atoms with Gasteiger partial charge in [-0.1, -0.05) is 43.6 Å². The number of nitrogens with one attached hydrogen (secondary N) is 2. The molecule has 1 aliphatic rings. The van der Waals surface area contributed by atoms with Crippen LogP contribution in [0.5, 0.6) is 0 Å². The molecule has 0 amide bonds. The minimum absolute atomic E-state index is 0.146. The maximum atomic E-state index is 12.2. The van der Waals surface area contributed by atoms with Crippen molar-refractivity contribution >= 4 is 39.8 Å². The molecule has 1 aliphatic heterocycles. The molecule has 4 aromatic rings. The highest BCUT2D eigenvalue weighted by atomic mass is 32.2. The van der Waals surface area contributed by atoms with E-state index in [4.69, 9.17) is 11.2 Å². The molecule has 2 aromatic heterocycles. The monoisotopic (exact) mass is 660 g/mol. The first kappa shape index (κ1) is 35.0. The third kappa shape index (κ3) is 12.6. The summed E-state index contributed by atoms with van der Waals surface area (Å²) >= 11 is 0. The van der Waals surface area contributed by atoms with E-state index in [0.29, 0.717) is 11.4 Å². The highest BCUT2D eigenvalue weighted by molar-refractivity contribution is 7.93. The van der Waals surface area contributed by atoms with Crippen LogP contribution in [-0.4, -0.2) is 48.1 Å². The molecule has 1 fully saturated rings. The Kier molecular flexibility index (Phi) is 12.9. The van der Waals surface area contributed by atoms with Gasteiger partial charge in [-0.25, -0.2) is 26.8 Å². The number of nitrogens with zero attached hydrogens (tertiary/aromatic N) is 2. The Balaban J connectivity index is 0.000000215. The van der Waals surface area contributed by atoms with Crippen molar-refractivity contribution in [1.82, 2.24) is 9.97 Å². The number of sulfonamides is 2. The summed E-state index contributed by atoms with van der Waals surface area (Å²) in [6.45, 7) is 8.49. The van der Waals surface area contributed by atoms with Gasteiger partial charge >= 0.3 is 0 Å². The van der Waals surface area contributed by atoms with Crippen LogP contribution in [0.3, 0.4) is 0 Å². The molecule has 1 saturated heterocycles. The van der Waals surface area contributed by atoms with E-state index in [1.807, 2.05) is 0 Å². The second-order valence-electron chi connectivity index (χ2n) is 10.7. The lowest BCUT2D eigenvalue weighted by atomic mass is 10.2. The number of hydrogen-bond acceptors (Lipinski definition) is 7. The Morgan fingerprint density at radius 2 is 1.13 bits per heavy atom. The fourth-order valence-electron chi connectivity index (χ4n) is 3.46. The fourth-order valence-corrected chi connectivity index (χ4v) is 5.99. The molecule has 12 heteroatoms. The lowest BCUT2D eigenvalue weighted by molar-refractivity contribution is 0.198. The van der Waals surface area contributed by atoms with Gasteiger partial charge in [0, 0.05) is 36.7 Å². The van der Waals surface area contributed by atoms with E-state index in [2.05, 4.69) is 56.4 Å². The highest BCUT2D eigenvalue weighted by Gasteiger charge is 2.15. The van der Waals surface area contributed by atoms with Crippen molar-refractivity contribution in [2.24, 2.45) is 0 Å². The molecule has 5 rings (SSSR count). The average molecular weight is 661 g/mol. The molecule has 234 valence electrons. The molecule has 2 N–H and O–H groups in total. The van der Waals surface area contributed by atoms with Crippen LogP contribution >= 0.6 is 0 Å². The molecule has 2 aromatic carbocycles. The van der Waals surface area contributed by atoms with Crippen LogP contribution in [0.4, 0.5) is 11.6 Å². The molecular formula is C33H36N4O5S2Si. The Bertz CT molecular complexity index is 1820. The summed E-state index contributed by atoms with van der Waals surface area (Å²) in [6.07, 6.45) is 10.8. The van der Waals surface area contributed by atoms with Crippen molar-refractivity contribution in [2.45, 2.75) is 42.3 Å². The van der Waals surface area contributed by atoms with Gasteiger partial charge < -0.3 is 4.74 Å². The van der Waals surface area contributed by atoms with Crippen LogP contribution in [0, 0.1) is 23.8 Å². The van der Waals surface area contributed by atoms with Crippen LogP contribution in [0.15, 0.2) is 107 Å². The lowest BCUT2D eigenvalue weighted by Crippen LogP contribution is -2.16. The summed E-state index contributed by atoms with van der Waals surface area (Å²) in [4.78, 5) is 8.19. The molecule has 0 radical (unpaired) electrons. The number of benzene rings is 2. The second kappa shape index (κ2) is 16.6. The zero-order valence-corrected chi connectivity index (χ0v) is 28.0. The van der Waals surface area contributed by atoms with E-state index < -0.39 is 28.1 Å². The van der Waals surface area contributed by atoms with Crippen LogP contribution in [0.25, 0.3) is 0 Å². The number of anilines is 2. The van der Waals surface area contributed by atoms with Gasteiger partial charge in [-0.3, -0.25) is 9.44 Å². The summed E-state index contributed by atoms with van der Waals surface area (Å²) in [5.74, 6) is 6.10. The van der Waals surface area contributed by atoms with E-state index >= 15 is 0 Å². The van der Waals surface area contributed by atoms with E-state index in [-0.39, 0.29) is 15.6 Å². The van der Waals surface area contributed by atoms with Crippen molar-refractivity contribution in [3.63, 3.8) is 0 Å².